The van der Waals surface area contributed by atoms with Crippen molar-refractivity contribution in [3.63, 3.8) is 0 Å². The summed E-state index contributed by atoms with van der Waals surface area (Å²) < 4.78 is 0. The first-order valence-corrected chi connectivity index (χ1v) is 6.49. The minimum atomic E-state index is -0.378. The Hall–Kier alpha value is -1.59. The molecule has 0 saturated heterocycles. The van der Waals surface area contributed by atoms with Gasteiger partial charge in [-0.15, -0.1) is 0 Å². The standard InChI is InChI=1S/C12H11ClN2O2S/c1-8-2-3-9(6-11(8)13)14-7-10-4-5-12(18-10)15(16)17/h2-6,14H,7H2,1H3. The molecule has 94 valence electrons. The molecule has 18 heavy (non-hydrogen) atoms. The smallest absolute Gasteiger partial charge is 0.324 e. The van der Waals surface area contributed by atoms with Crippen molar-refractivity contribution in [2.75, 3.05) is 5.32 Å². The second-order valence-electron chi connectivity index (χ2n) is 3.81. The van der Waals surface area contributed by atoms with Gasteiger partial charge in [-0.05, 0) is 30.7 Å². The van der Waals surface area contributed by atoms with Crippen LogP contribution in [0.5, 0.6) is 0 Å². The zero-order chi connectivity index (χ0) is 13.1. The molecule has 1 N–H and O–H groups in total. The quantitative estimate of drug-likeness (QED) is 0.674. The van der Waals surface area contributed by atoms with Crippen LogP contribution in [0.2, 0.25) is 5.02 Å². The number of benzene rings is 1. The molecule has 0 bridgehead atoms. The third-order valence-corrected chi connectivity index (χ3v) is 3.91. The number of halogens is 1. The molecule has 0 spiro atoms. The monoisotopic (exact) mass is 282 g/mol. The van der Waals surface area contributed by atoms with E-state index in [9.17, 15) is 10.1 Å². The van der Waals surface area contributed by atoms with E-state index in [2.05, 4.69) is 5.32 Å². The highest BCUT2D eigenvalue weighted by Crippen LogP contribution is 2.25. The fraction of sp³-hybridized carbons (Fsp3) is 0.167. The van der Waals surface area contributed by atoms with Crippen molar-refractivity contribution in [1.29, 1.82) is 0 Å². The Morgan fingerprint density at radius 1 is 1.39 bits per heavy atom. The largest absolute Gasteiger partial charge is 0.380 e. The lowest BCUT2D eigenvalue weighted by atomic mass is 10.2. The second-order valence-corrected chi connectivity index (χ2v) is 5.37. The van der Waals surface area contributed by atoms with Crippen LogP contribution in [-0.2, 0) is 6.54 Å². The Kier molecular flexibility index (Phi) is 3.84. The topological polar surface area (TPSA) is 55.2 Å². The number of anilines is 1. The molecular weight excluding hydrogens is 272 g/mol. The summed E-state index contributed by atoms with van der Waals surface area (Å²) in [6.07, 6.45) is 0. The van der Waals surface area contributed by atoms with Crippen molar-refractivity contribution in [1.82, 2.24) is 0 Å². The molecule has 0 amide bonds. The average Bonchev–Trinajstić information content (AvgIpc) is 2.79. The van der Waals surface area contributed by atoms with E-state index in [1.807, 2.05) is 25.1 Å². The number of nitrogens with zero attached hydrogens (tertiary/aromatic N) is 1. The van der Waals surface area contributed by atoms with E-state index in [0.29, 0.717) is 11.6 Å². The molecule has 1 aromatic heterocycles. The third-order valence-electron chi connectivity index (χ3n) is 2.47. The Bertz CT molecular complexity index is 583. The number of aryl methyl sites for hydroxylation is 1. The highest BCUT2D eigenvalue weighted by molar-refractivity contribution is 7.15. The maximum absolute atomic E-state index is 10.5. The highest BCUT2D eigenvalue weighted by Gasteiger charge is 2.09. The van der Waals surface area contributed by atoms with Crippen molar-refractivity contribution in [2.24, 2.45) is 0 Å². The van der Waals surface area contributed by atoms with Gasteiger partial charge in [-0.3, -0.25) is 10.1 Å². The zero-order valence-electron chi connectivity index (χ0n) is 9.64. The van der Waals surface area contributed by atoms with Crippen LogP contribution in [0.4, 0.5) is 10.7 Å². The Morgan fingerprint density at radius 2 is 2.17 bits per heavy atom. The summed E-state index contributed by atoms with van der Waals surface area (Å²) in [5.41, 5.74) is 1.93. The molecule has 0 aliphatic heterocycles. The van der Waals surface area contributed by atoms with E-state index in [4.69, 9.17) is 11.6 Å². The molecule has 0 atom stereocenters. The summed E-state index contributed by atoms with van der Waals surface area (Å²) in [4.78, 5) is 11.1. The van der Waals surface area contributed by atoms with E-state index >= 15 is 0 Å². The van der Waals surface area contributed by atoms with Crippen LogP contribution in [-0.4, -0.2) is 4.92 Å². The lowest BCUT2D eigenvalue weighted by Crippen LogP contribution is -1.97. The summed E-state index contributed by atoms with van der Waals surface area (Å²) in [6, 6.07) is 8.99. The van der Waals surface area contributed by atoms with Crippen molar-refractivity contribution >= 4 is 33.6 Å². The minimum Gasteiger partial charge on any atom is -0.380 e. The van der Waals surface area contributed by atoms with Gasteiger partial charge in [-0.2, -0.15) is 0 Å². The normalized spacial score (nSPS) is 10.3. The van der Waals surface area contributed by atoms with Crippen LogP contribution in [0.25, 0.3) is 0 Å². The molecule has 0 aliphatic rings. The molecular formula is C12H11ClN2O2S. The summed E-state index contributed by atoms with van der Waals surface area (Å²) in [7, 11) is 0. The summed E-state index contributed by atoms with van der Waals surface area (Å²) in [5, 5.41) is 14.6. The number of nitrogens with one attached hydrogen (secondary N) is 1. The predicted octanol–water partition coefficient (Wildman–Crippen LogP) is 4.23. The van der Waals surface area contributed by atoms with Gasteiger partial charge in [-0.25, -0.2) is 0 Å². The third kappa shape index (κ3) is 3.00. The molecule has 2 aromatic rings. The number of nitro groups is 1. The second kappa shape index (κ2) is 5.37. The fourth-order valence-corrected chi connectivity index (χ4v) is 2.39. The predicted molar refractivity (Wildman–Crippen MR) is 74.5 cm³/mol. The van der Waals surface area contributed by atoms with E-state index in [1.54, 1.807) is 6.07 Å². The van der Waals surface area contributed by atoms with Gasteiger partial charge in [0.05, 0.1) is 4.92 Å². The maximum atomic E-state index is 10.5. The van der Waals surface area contributed by atoms with Crippen LogP contribution >= 0.6 is 22.9 Å². The zero-order valence-corrected chi connectivity index (χ0v) is 11.2. The van der Waals surface area contributed by atoms with Crippen molar-refractivity contribution in [2.45, 2.75) is 13.5 Å². The summed E-state index contributed by atoms with van der Waals surface area (Å²) >= 11 is 7.19. The molecule has 0 fully saturated rings. The van der Waals surface area contributed by atoms with E-state index in [0.717, 1.165) is 16.1 Å². The van der Waals surface area contributed by atoms with Crippen LogP contribution in [0.15, 0.2) is 30.3 Å². The van der Waals surface area contributed by atoms with E-state index in [1.165, 1.54) is 17.4 Å². The molecule has 0 radical (unpaired) electrons. The molecule has 0 aliphatic carbocycles. The average molecular weight is 283 g/mol. The first-order chi connectivity index (χ1) is 8.56. The van der Waals surface area contributed by atoms with Gasteiger partial charge in [0.1, 0.15) is 0 Å². The molecule has 4 nitrogen and oxygen atoms in total. The molecule has 2 rings (SSSR count). The highest BCUT2D eigenvalue weighted by atomic mass is 35.5. The lowest BCUT2D eigenvalue weighted by Gasteiger charge is -2.06. The number of hydrogen-bond acceptors (Lipinski definition) is 4. The van der Waals surface area contributed by atoms with Crippen LogP contribution in [0, 0.1) is 17.0 Å². The molecule has 0 saturated carbocycles. The fourth-order valence-electron chi connectivity index (χ4n) is 1.45. The van der Waals surface area contributed by atoms with Gasteiger partial charge in [0.25, 0.3) is 0 Å². The van der Waals surface area contributed by atoms with Crippen molar-refractivity contribution < 1.29 is 4.92 Å². The summed E-state index contributed by atoms with van der Waals surface area (Å²) in [5.74, 6) is 0. The van der Waals surface area contributed by atoms with Crippen LogP contribution in [0.1, 0.15) is 10.4 Å². The Labute approximate surface area is 113 Å². The Morgan fingerprint density at radius 3 is 2.78 bits per heavy atom. The van der Waals surface area contributed by atoms with Gasteiger partial charge in [0.15, 0.2) is 0 Å². The van der Waals surface area contributed by atoms with Crippen molar-refractivity contribution in [3.8, 4) is 0 Å². The first-order valence-electron chi connectivity index (χ1n) is 5.29. The van der Waals surface area contributed by atoms with E-state index < -0.39 is 0 Å². The molecule has 0 unspecified atom stereocenters. The van der Waals surface area contributed by atoms with Crippen LogP contribution < -0.4 is 5.32 Å². The SMILES string of the molecule is Cc1ccc(NCc2ccc([N+](=O)[O-])s2)cc1Cl. The molecule has 1 heterocycles. The van der Waals surface area contributed by atoms with Gasteiger partial charge < -0.3 is 5.32 Å². The first kappa shape index (κ1) is 12.9. The molecule has 6 heteroatoms. The minimum absolute atomic E-state index is 0.161. The van der Waals surface area contributed by atoms with Gasteiger partial charge in [-0.1, -0.05) is 29.0 Å². The van der Waals surface area contributed by atoms with E-state index in [-0.39, 0.29) is 9.92 Å². The van der Waals surface area contributed by atoms with Gasteiger partial charge >= 0.3 is 5.00 Å². The maximum Gasteiger partial charge on any atom is 0.324 e. The van der Waals surface area contributed by atoms with Crippen LogP contribution in [0.3, 0.4) is 0 Å². The number of rotatable bonds is 4. The number of thiophene rings is 1. The Balaban J connectivity index is 2.02. The molecule has 1 aromatic carbocycles. The van der Waals surface area contributed by atoms with Gasteiger partial charge in [0.2, 0.25) is 0 Å². The lowest BCUT2D eigenvalue weighted by molar-refractivity contribution is -0.380. The number of hydrogen-bond donors (Lipinski definition) is 1. The van der Waals surface area contributed by atoms with Gasteiger partial charge in [0, 0.05) is 28.2 Å². The summed E-state index contributed by atoms with van der Waals surface area (Å²) in [6.45, 7) is 2.49. The van der Waals surface area contributed by atoms with Crippen molar-refractivity contribution in [3.05, 3.63) is 55.9 Å².